The van der Waals surface area contributed by atoms with E-state index in [-0.39, 0.29) is 12.2 Å². The van der Waals surface area contributed by atoms with Crippen LogP contribution in [0.15, 0.2) is 72.9 Å². The molecular weight excluding hydrogens is 298 g/mol. The molecule has 2 aromatic carbocycles. The Morgan fingerprint density at radius 1 is 0.958 bits per heavy atom. The number of Topliss-reactive ketones (excluding diaryl/α,β-unsaturated/α-hetero) is 1. The SMILES string of the molecule is O=C(Cc1cc(-c2nc3ccccc3[nH]2)ccn1)c1ccccc1. The third kappa shape index (κ3) is 2.82. The zero-order valence-corrected chi connectivity index (χ0v) is 12.9. The van der Waals surface area contributed by atoms with E-state index in [4.69, 9.17) is 0 Å². The summed E-state index contributed by atoms with van der Waals surface area (Å²) < 4.78 is 0. The van der Waals surface area contributed by atoms with Crippen LogP contribution >= 0.6 is 0 Å². The Labute approximate surface area is 139 Å². The van der Waals surface area contributed by atoms with Crippen molar-refractivity contribution in [3.63, 3.8) is 0 Å². The second kappa shape index (κ2) is 6.08. The average molecular weight is 313 g/mol. The van der Waals surface area contributed by atoms with Crippen molar-refractivity contribution >= 4 is 16.8 Å². The molecule has 0 bridgehead atoms. The number of pyridine rings is 1. The first-order valence-corrected chi connectivity index (χ1v) is 7.78. The average Bonchev–Trinajstić information content (AvgIpc) is 3.07. The minimum absolute atomic E-state index is 0.0601. The number of benzene rings is 2. The summed E-state index contributed by atoms with van der Waals surface area (Å²) in [5.41, 5.74) is 4.28. The van der Waals surface area contributed by atoms with E-state index in [1.807, 2.05) is 66.7 Å². The van der Waals surface area contributed by atoms with Gasteiger partial charge in [0.05, 0.1) is 17.5 Å². The number of nitrogens with zero attached hydrogens (tertiary/aromatic N) is 2. The van der Waals surface area contributed by atoms with Gasteiger partial charge in [-0.05, 0) is 24.3 Å². The normalized spacial score (nSPS) is 10.8. The van der Waals surface area contributed by atoms with E-state index in [0.29, 0.717) is 5.56 Å². The van der Waals surface area contributed by atoms with Crippen LogP contribution in [0.1, 0.15) is 16.1 Å². The number of aromatic amines is 1. The van der Waals surface area contributed by atoms with E-state index in [0.717, 1.165) is 28.1 Å². The van der Waals surface area contributed by atoms with Crippen LogP contribution in [0.25, 0.3) is 22.4 Å². The second-order valence-corrected chi connectivity index (χ2v) is 5.60. The third-order valence-corrected chi connectivity index (χ3v) is 3.92. The molecule has 0 spiro atoms. The Kier molecular flexibility index (Phi) is 3.63. The van der Waals surface area contributed by atoms with E-state index in [9.17, 15) is 4.79 Å². The van der Waals surface area contributed by atoms with Crippen molar-refractivity contribution in [1.82, 2.24) is 15.0 Å². The number of hydrogen-bond acceptors (Lipinski definition) is 3. The molecule has 4 nitrogen and oxygen atoms in total. The van der Waals surface area contributed by atoms with Gasteiger partial charge in [0.1, 0.15) is 5.82 Å². The highest BCUT2D eigenvalue weighted by Crippen LogP contribution is 2.21. The maximum absolute atomic E-state index is 12.3. The number of para-hydroxylation sites is 2. The van der Waals surface area contributed by atoms with Gasteiger partial charge in [-0.3, -0.25) is 9.78 Å². The van der Waals surface area contributed by atoms with Gasteiger partial charge in [0, 0.05) is 23.0 Å². The van der Waals surface area contributed by atoms with E-state index >= 15 is 0 Å². The number of carbonyl (C=O) groups excluding carboxylic acids is 1. The molecule has 4 rings (SSSR count). The first-order chi connectivity index (χ1) is 11.8. The quantitative estimate of drug-likeness (QED) is 0.578. The third-order valence-electron chi connectivity index (χ3n) is 3.92. The monoisotopic (exact) mass is 313 g/mol. The molecule has 0 saturated carbocycles. The standard InChI is InChI=1S/C20H15N3O/c24-19(14-6-2-1-3-7-14)13-16-12-15(10-11-21-16)20-22-17-8-4-5-9-18(17)23-20/h1-12H,13H2,(H,22,23). The topological polar surface area (TPSA) is 58.6 Å². The summed E-state index contributed by atoms with van der Waals surface area (Å²) in [6.07, 6.45) is 1.99. The molecule has 0 saturated heterocycles. The highest BCUT2D eigenvalue weighted by Gasteiger charge is 2.10. The molecule has 2 aromatic heterocycles. The van der Waals surface area contributed by atoms with Crippen LogP contribution < -0.4 is 0 Å². The summed E-state index contributed by atoms with van der Waals surface area (Å²) in [6, 6.07) is 21.0. The maximum atomic E-state index is 12.3. The van der Waals surface area contributed by atoms with Gasteiger partial charge in [-0.2, -0.15) is 0 Å². The van der Waals surface area contributed by atoms with Gasteiger partial charge in [0.2, 0.25) is 0 Å². The van der Waals surface area contributed by atoms with Crippen LogP contribution in [0.5, 0.6) is 0 Å². The molecule has 0 unspecified atom stereocenters. The molecule has 0 aliphatic rings. The van der Waals surface area contributed by atoms with Crippen LogP contribution in [-0.4, -0.2) is 20.7 Å². The van der Waals surface area contributed by atoms with Crippen molar-refractivity contribution < 1.29 is 4.79 Å². The Hall–Kier alpha value is -3.27. The molecular formula is C20H15N3O. The number of carbonyl (C=O) groups is 1. The highest BCUT2D eigenvalue weighted by atomic mass is 16.1. The number of imidazole rings is 1. The van der Waals surface area contributed by atoms with Gasteiger partial charge < -0.3 is 4.98 Å². The van der Waals surface area contributed by atoms with Crippen LogP contribution in [0, 0.1) is 0 Å². The molecule has 0 atom stereocenters. The zero-order chi connectivity index (χ0) is 16.4. The number of rotatable bonds is 4. The summed E-state index contributed by atoms with van der Waals surface area (Å²) in [4.78, 5) is 24.6. The van der Waals surface area contributed by atoms with Crippen LogP contribution in [-0.2, 0) is 6.42 Å². The van der Waals surface area contributed by atoms with Gasteiger partial charge in [-0.15, -0.1) is 0 Å². The molecule has 4 heteroatoms. The molecule has 2 heterocycles. The Morgan fingerprint density at radius 3 is 2.58 bits per heavy atom. The van der Waals surface area contributed by atoms with Crippen molar-refractivity contribution in [3.8, 4) is 11.4 Å². The number of nitrogens with one attached hydrogen (secondary N) is 1. The number of ketones is 1. The predicted octanol–water partition coefficient (Wildman–Crippen LogP) is 4.05. The van der Waals surface area contributed by atoms with E-state index in [2.05, 4.69) is 15.0 Å². The number of aromatic nitrogens is 3. The first kappa shape index (κ1) is 14.3. The zero-order valence-electron chi connectivity index (χ0n) is 12.9. The molecule has 4 aromatic rings. The summed E-state index contributed by atoms with van der Waals surface area (Å²) in [5, 5.41) is 0. The molecule has 0 aliphatic heterocycles. The van der Waals surface area contributed by atoms with Crippen molar-refractivity contribution in [1.29, 1.82) is 0 Å². The van der Waals surface area contributed by atoms with Gasteiger partial charge in [0.25, 0.3) is 0 Å². The maximum Gasteiger partial charge on any atom is 0.168 e. The molecule has 1 N–H and O–H groups in total. The Morgan fingerprint density at radius 2 is 1.75 bits per heavy atom. The fraction of sp³-hybridized carbons (Fsp3) is 0.0500. The van der Waals surface area contributed by atoms with Crippen molar-refractivity contribution in [2.24, 2.45) is 0 Å². The van der Waals surface area contributed by atoms with E-state index < -0.39 is 0 Å². The lowest BCUT2D eigenvalue weighted by Gasteiger charge is -2.03. The van der Waals surface area contributed by atoms with Crippen LogP contribution in [0.4, 0.5) is 0 Å². The van der Waals surface area contributed by atoms with Crippen molar-refractivity contribution in [3.05, 3.63) is 84.2 Å². The minimum atomic E-state index is 0.0601. The van der Waals surface area contributed by atoms with Gasteiger partial charge in [0.15, 0.2) is 5.78 Å². The smallest absolute Gasteiger partial charge is 0.168 e. The van der Waals surface area contributed by atoms with Gasteiger partial charge in [-0.1, -0.05) is 42.5 Å². The largest absolute Gasteiger partial charge is 0.338 e. The predicted molar refractivity (Wildman–Crippen MR) is 93.8 cm³/mol. The number of fused-ring (bicyclic) bond motifs is 1. The lowest BCUT2D eigenvalue weighted by Crippen LogP contribution is -2.05. The van der Waals surface area contributed by atoms with Crippen LogP contribution in [0.2, 0.25) is 0 Å². The minimum Gasteiger partial charge on any atom is -0.338 e. The molecule has 0 amide bonds. The molecule has 116 valence electrons. The van der Waals surface area contributed by atoms with Gasteiger partial charge >= 0.3 is 0 Å². The summed E-state index contributed by atoms with van der Waals surface area (Å²) in [5.74, 6) is 0.844. The van der Waals surface area contributed by atoms with Gasteiger partial charge in [-0.25, -0.2) is 4.98 Å². The first-order valence-electron chi connectivity index (χ1n) is 7.78. The molecule has 0 aliphatic carbocycles. The summed E-state index contributed by atoms with van der Waals surface area (Å²) in [6.45, 7) is 0. The molecule has 0 radical (unpaired) electrons. The number of hydrogen-bond donors (Lipinski definition) is 1. The summed E-state index contributed by atoms with van der Waals surface area (Å²) >= 11 is 0. The van der Waals surface area contributed by atoms with E-state index in [1.54, 1.807) is 6.20 Å². The Balaban J connectivity index is 1.63. The van der Waals surface area contributed by atoms with Crippen LogP contribution in [0.3, 0.4) is 0 Å². The summed E-state index contributed by atoms with van der Waals surface area (Å²) in [7, 11) is 0. The highest BCUT2D eigenvalue weighted by molar-refractivity contribution is 5.97. The Bertz CT molecular complexity index is 973. The van der Waals surface area contributed by atoms with Crippen molar-refractivity contribution in [2.75, 3.05) is 0 Å². The molecule has 0 fully saturated rings. The fourth-order valence-electron chi connectivity index (χ4n) is 2.70. The second-order valence-electron chi connectivity index (χ2n) is 5.60. The molecule has 24 heavy (non-hydrogen) atoms. The van der Waals surface area contributed by atoms with Crippen molar-refractivity contribution in [2.45, 2.75) is 6.42 Å². The lowest BCUT2D eigenvalue weighted by molar-refractivity contribution is 0.0992. The van der Waals surface area contributed by atoms with E-state index in [1.165, 1.54) is 0 Å². The number of H-pyrrole nitrogens is 1. The lowest BCUT2D eigenvalue weighted by atomic mass is 10.1. The fourth-order valence-corrected chi connectivity index (χ4v) is 2.70.